The number of likely N-dealkylation sites (tertiary alicyclic amines) is 1. The van der Waals surface area contributed by atoms with Gasteiger partial charge in [-0.2, -0.15) is 0 Å². The lowest BCUT2D eigenvalue weighted by atomic mass is 9.92. The number of aliphatic hydroxyl groups excluding tert-OH is 1. The second kappa shape index (κ2) is 15.0. The van der Waals surface area contributed by atoms with Crippen LogP contribution in [-0.4, -0.2) is 76.4 Å². The Hall–Kier alpha value is -3.25. The summed E-state index contributed by atoms with van der Waals surface area (Å²) in [7, 11) is 0. The molecule has 0 aromatic heterocycles. The van der Waals surface area contributed by atoms with E-state index >= 15 is 0 Å². The standard InChI is InChI=1S/C30H36Cl2FN5O5/c31-21-8-9-22(28(33)27(21)32)35-29(42)23(12-13-34)36-30(43)24-15-18-5-1-2-6-19(18)16-38(24)26(41)11-10-25(40)37-14-4-3-7-20(37)17-39/h1-2,5-6,8-9,20,23-24,39H,3-4,7,10-17,34H2,(H,35,42)(H,36,43)/t20-,23+,24+/m1/s1. The predicted molar refractivity (Wildman–Crippen MR) is 161 cm³/mol. The van der Waals surface area contributed by atoms with Gasteiger partial charge in [-0.1, -0.05) is 47.5 Å². The number of fused-ring (bicyclic) bond motifs is 1. The number of nitrogens with one attached hydrogen (secondary N) is 2. The predicted octanol–water partition coefficient (Wildman–Crippen LogP) is 3.01. The molecule has 2 heterocycles. The van der Waals surface area contributed by atoms with Crippen molar-refractivity contribution in [3.8, 4) is 0 Å². The van der Waals surface area contributed by atoms with Crippen LogP contribution in [0.15, 0.2) is 36.4 Å². The van der Waals surface area contributed by atoms with Crippen molar-refractivity contribution in [3.63, 3.8) is 0 Å². The van der Waals surface area contributed by atoms with Crippen LogP contribution in [0.25, 0.3) is 0 Å². The van der Waals surface area contributed by atoms with E-state index in [2.05, 4.69) is 10.6 Å². The van der Waals surface area contributed by atoms with Gasteiger partial charge in [-0.05, 0) is 55.5 Å². The zero-order chi connectivity index (χ0) is 31.1. The zero-order valence-corrected chi connectivity index (χ0v) is 25.2. The second-order valence-corrected chi connectivity index (χ2v) is 11.6. The van der Waals surface area contributed by atoms with E-state index in [1.54, 1.807) is 4.90 Å². The summed E-state index contributed by atoms with van der Waals surface area (Å²) in [5.41, 5.74) is 7.28. The minimum Gasteiger partial charge on any atom is -0.394 e. The highest BCUT2D eigenvalue weighted by atomic mass is 35.5. The number of nitrogens with two attached hydrogens (primary N) is 1. The number of hydrogen-bond acceptors (Lipinski definition) is 6. The smallest absolute Gasteiger partial charge is 0.247 e. The molecule has 232 valence electrons. The maximum Gasteiger partial charge on any atom is 0.247 e. The number of carbonyl (C=O) groups is 4. The third kappa shape index (κ3) is 7.83. The minimum absolute atomic E-state index is 0.0165. The van der Waals surface area contributed by atoms with E-state index in [9.17, 15) is 28.7 Å². The molecular formula is C30H36Cl2FN5O5. The van der Waals surface area contributed by atoms with Crippen molar-refractivity contribution in [2.24, 2.45) is 5.73 Å². The maximum atomic E-state index is 14.6. The van der Waals surface area contributed by atoms with Crippen LogP contribution >= 0.6 is 23.2 Å². The molecule has 43 heavy (non-hydrogen) atoms. The molecule has 0 aliphatic carbocycles. The van der Waals surface area contributed by atoms with Gasteiger partial charge in [0.25, 0.3) is 0 Å². The van der Waals surface area contributed by atoms with Gasteiger partial charge >= 0.3 is 0 Å². The number of halogens is 3. The van der Waals surface area contributed by atoms with Crippen molar-refractivity contribution in [3.05, 3.63) is 63.4 Å². The number of nitrogens with zero attached hydrogens (tertiary/aromatic N) is 2. The van der Waals surface area contributed by atoms with E-state index < -0.39 is 29.7 Å². The fourth-order valence-corrected chi connectivity index (χ4v) is 5.90. The Labute approximate surface area is 259 Å². The first-order chi connectivity index (χ1) is 20.6. The molecule has 0 bridgehead atoms. The molecule has 2 aliphatic rings. The van der Waals surface area contributed by atoms with Crippen LogP contribution in [0.5, 0.6) is 0 Å². The van der Waals surface area contributed by atoms with Crippen LogP contribution in [0.2, 0.25) is 10.0 Å². The van der Waals surface area contributed by atoms with E-state index in [1.807, 2.05) is 24.3 Å². The molecule has 2 aromatic rings. The Kier molecular flexibility index (Phi) is 11.4. The van der Waals surface area contributed by atoms with Gasteiger partial charge in [-0.25, -0.2) is 4.39 Å². The molecule has 1 saturated heterocycles. The summed E-state index contributed by atoms with van der Waals surface area (Å²) in [5, 5.41) is 14.4. The van der Waals surface area contributed by atoms with Crippen molar-refractivity contribution in [2.75, 3.05) is 25.0 Å². The number of benzene rings is 2. The number of hydrogen-bond donors (Lipinski definition) is 4. The van der Waals surface area contributed by atoms with Gasteiger partial charge in [-0.3, -0.25) is 19.2 Å². The fourth-order valence-electron chi connectivity index (χ4n) is 5.58. The summed E-state index contributed by atoms with van der Waals surface area (Å²) >= 11 is 11.7. The van der Waals surface area contributed by atoms with E-state index in [0.29, 0.717) is 6.54 Å². The Balaban J connectivity index is 1.48. The maximum absolute atomic E-state index is 14.6. The van der Waals surface area contributed by atoms with Crippen LogP contribution in [0.1, 0.15) is 49.7 Å². The summed E-state index contributed by atoms with van der Waals surface area (Å²) in [4.78, 5) is 56.3. The molecule has 1 fully saturated rings. The quantitative estimate of drug-likeness (QED) is 0.295. The highest BCUT2D eigenvalue weighted by Gasteiger charge is 2.37. The summed E-state index contributed by atoms with van der Waals surface area (Å²) in [6.07, 6.45) is 2.60. The molecule has 4 rings (SSSR count). The normalized spacial score (nSPS) is 18.9. The van der Waals surface area contributed by atoms with Crippen molar-refractivity contribution in [2.45, 2.75) is 69.6 Å². The molecule has 0 spiro atoms. The number of piperidine rings is 1. The SMILES string of the molecule is NCC[C@H](NC(=O)[C@@H]1Cc2ccccc2CN1C(=O)CCC(=O)N1CCCC[C@@H]1CO)C(=O)Nc1ccc(Cl)c(Cl)c1F. The Bertz CT molecular complexity index is 1360. The highest BCUT2D eigenvalue weighted by Crippen LogP contribution is 2.30. The van der Waals surface area contributed by atoms with Crippen LogP contribution in [0.4, 0.5) is 10.1 Å². The minimum atomic E-state index is -1.13. The molecule has 0 radical (unpaired) electrons. The van der Waals surface area contributed by atoms with E-state index in [1.165, 1.54) is 17.0 Å². The van der Waals surface area contributed by atoms with Gasteiger partial charge in [0, 0.05) is 32.4 Å². The zero-order valence-electron chi connectivity index (χ0n) is 23.7. The summed E-state index contributed by atoms with van der Waals surface area (Å²) in [6, 6.07) is 7.71. The lowest BCUT2D eigenvalue weighted by molar-refractivity contribution is -0.145. The molecule has 4 amide bonds. The van der Waals surface area contributed by atoms with Gasteiger partial charge in [0.2, 0.25) is 23.6 Å². The van der Waals surface area contributed by atoms with Crippen LogP contribution < -0.4 is 16.4 Å². The Morgan fingerprint density at radius 2 is 1.72 bits per heavy atom. The van der Waals surface area contributed by atoms with Gasteiger partial charge < -0.3 is 31.3 Å². The van der Waals surface area contributed by atoms with Crippen molar-refractivity contribution in [1.29, 1.82) is 0 Å². The molecule has 0 unspecified atom stereocenters. The molecule has 0 saturated carbocycles. The number of rotatable bonds is 10. The molecule has 3 atom stereocenters. The first-order valence-electron chi connectivity index (χ1n) is 14.4. The van der Waals surface area contributed by atoms with E-state index in [4.69, 9.17) is 28.9 Å². The van der Waals surface area contributed by atoms with Crippen molar-refractivity contribution in [1.82, 2.24) is 15.1 Å². The monoisotopic (exact) mass is 635 g/mol. The molecule has 2 aromatic carbocycles. The van der Waals surface area contributed by atoms with Gasteiger partial charge in [0.1, 0.15) is 12.1 Å². The van der Waals surface area contributed by atoms with Crippen molar-refractivity contribution < 1.29 is 28.7 Å². The van der Waals surface area contributed by atoms with Gasteiger partial charge in [-0.15, -0.1) is 0 Å². The molecule has 2 aliphatic heterocycles. The highest BCUT2D eigenvalue weighted by molar-refractivity contribution is 6.42. The lowest BCUT2D eigenvalue weighted by Gasteiger charge is -2.37. The number of anilines is 1. The Morgan fingerprint density at radius 3 is 2.42 bits per heavy atom. The van der Waals surface area contributed by atoms with Crippen molar-refractivity contribution >= 4 is 52.5 Å². The summed E-state index contributed by atoms with van der Waals surface area (Å²) in [5.74, 6) is -2.78. The third-order valence-corrected chi connectivity index (χ3v) is 8.75. The van der Waals surface area contributed by atoms with Gasteiger partial charge in [0.15, 0.2) is 5.82 Å². The first-order valence-corrected chi connectivity index (χ1v) is 15.1. The fraction of sp³-hybridized carbons (Fsp3) is 0.467. The lowest BCUT2D eigenvalue weighted by Crippen LogP contribution is -2.56. The van der Waals surface area contributed by atoms with Crippen LogP contribution in [0.3, 0.4) is 0 Å². The summed E-state index contributed by atoms with van der Waals surface area (Å²) in [6.45, 7) is 0.621. The third-order valence-electron chi connectivity index (χ3n) is 7.96. The average Bonchev–Trinajstić information content (AvgIpc) is 3.02. The molecule has 5 N–H and O–H groups in total. The number of aliphatic hydroxyl groups is 1. The first kappa shape index (κ1) is 32.7. The summed E-state index contributed by atoms with van der Waals surface area (Å²) < 4.78 is 14.6. The van der Waals surface area contributed by atoms with Gasteiger partial charge in [0.05, 0.1) is 28.4 Å². The molecule has 13 heteroatoms. The van der Waals surface area contributed by atoms with E-state index in [-0.39, 0.29) is 79.0 Å². The van der Waals surface area contributed by atoms with E-state index in [0.717, 1.165) is 30.4 Å². The topological polar surface area (TPSA) is 145 Å². The average molecular weight is 637 g/mol. The molecular weight excluding hydrogens is 600 g/mol. The van der Waals surface area contributed by atoms with Crippen LogP contribution in [-0.2, 0) is 32.1 Å². The number of carbonyl (C=O) groups excluding carboxylic acids is 4. The molecule has 10 nitrogen and oxygen atoms in total. The van der Waals surface area contributed by atoms with Crippen LogP contribution in [0, 0.1) is 5.82 Å². The number of amides is 4. The largest absolute Gasteiger partial charge is 0.394 e. The second-order valence-electron chi connectivity index (χ2n) is 10.8. The Morgan fingerprint density at radius 1 is 1.02 bits per heavy atom.